The molecule has 0 spiro atoms. The monoisotopic (exact) mass is 305 g/mol. The number of aliphatic hydroxyl groups is 1. The van der Waals surface area contributed by atoms with E-state index in [-0.39, 0.29) is 6.42 Å². The Morgan fingerprint density at radius 1 is 1.37 bits per heavy atom. The molecule has 0 aromatic carbocycles. The van der Waals surface area contributed by atoms with Crippen LogP contribution in [0.4, 0.5) is 13.2 Å². The van der Waals surface area contributed by atoms with Crippen LogP contribution in [-0.4, -0.2) is 59.5 Å². The highest BCUT2D eigenvalue weighted by Gasteiger charge is 2.42. The average Bonchev–Trinajstić information content (AvgIpc) is 2.58. The molecule has 2 unspecified atom stereocenters. The summed E-state index contributed by atoms with van der Waals surface area (Å²) in [5.41, 5.74) is 0. The fourth-order valence-electron chi connectivity index (χ4n) is 1.89. The van der Waals surface area contributed by atoms with Crippen LogP contribution in [-0.2, 0) is 14.8 Å². The smallest absolute Gasteiger partial charge is 0.389 e. The summed E-state index contributed by atoms with van der Waals surface area (Å²) >= 11 is 0. The summed E-state index contributed by atoms with van der Waals surface area (Å²) in [6.45, 7) is -0.398. The molecular formula is C9H14F3NO5S. The van der Waals surface area contributed by atoms with Crippen molar-refractivity contribution in [1.29, 1.82) is 0 Å². The van der Waals surface area contributed by atoms with Gasteiger partial charge in [-0.15, -0.1) is 0 Å². The largest absolute Gasteiger partial charge is 0.480 e. The quantitative estimate of drug-likeness (QED) is 0.755. The second-order valence-corrected chi connectivity index (χ2v) is 6.39. The summed E-state index contributed by atoms with van der Waals surface area (Å²) in [7, 11) is -4.12. The number of carboxylic acid groups (broad SMARTS) is 1. The van der Waals surface area contributed by atoms with Crippen LogP contribution >= 0.6 is 0 Å². The number of sulfonamides is 1. The minimum Gasteiger partial charge on any atom is -0.480 e. The van der Waals surface area contributed by atoms with Gasteiger partial charge in [-0.2, -0.15) is 17.5 Å². The number of hydrogen-bond acceptors (Lipinski definition) is 4. The number of alkyl halides is 3. The first-order valence-corrected chi connectivity index (χ1v) is 7.11. The van der Waals surface area contributed by atoms with Gasteiger partial charge in [-0.1, -0.05) is 0 Å². The molecule has 2 N–H and O–H groups in total. The predicted molar refractivity (Wildman–Crippen MR) is 57.8 cm³/mol. The van der Waals surface area contributed by atoms with E-state index in [1.807, 2.05) is 0 Å². The Balaban J connectivity index is 2.68. The van der Waals surface area contributed by atoms with Gasteiger partial charge in [0.1, 0.15) is 6.04 Å². The van der Waals surface area contributed by atoms with Gasteiger partial charge in [0.05, 0.1) is 11.9 Å². The SMILES string of the molecule is O=C(O)C1CC(O)CN1S(=O)(=O)CCCC(F)(F)F. The first kappa shape index (κ1) is 16.2. The second kappa shape index (κ2) is 5.63. The molecule has 0 aromatic heterocycles. The van der Waals surface area contributed by atoms with E-state index in [9.17, 15) is 31.5 Å². The summed E-state index contributed by atoms with van der Waals surface area (Å²) in [6.07, 6.45) is -7.70. The summed E-state index contributed by atoms with van der Waals surface area (Å²) in [5.74, 6) is -2.21. The van der Waals surface area contributed by atoms with E-state index < -0.39 is 59.5 Å². The molecule has 6 nitrogen and oxygen atoms in total. The Kier molecular flexibility index (Phi) is 4.80. The molecule has 0 saturated carbocycles. The lowest BCUT2D eigenvalue weighted by Crippen LogP contribution is -2.41. The van der Waals surface area contributed by atoms with Crippen molar-refractivity contribution in [3.8, 4) is 0 Å². The van der Waals surface area contributed by atoms with E-state index in [0.717, 1.165) is 0 Å². The Bertz CT molecular complexity index is 436. The van der Waals surface area contributed by atoms with Crippen molar-refractivity contribution in [2.24, 2.45) is 0 Å². The van der Waals surface area contributed by atoms with Gasteiger partial charge in [0.25, 0.3) is 0 Å². The molecule has 1 saturated heterocycles. The fraction of sp³-hybridized carbons (Fsp3) is 0.889. The molecule has 2 atom stereocenters. The normalized spacial score (nSPS) is 25.7. The third-order valence-electron chi connectivity index (χ3n) is 2.74. The van der Waals surface area contributed by atoms with Crippen molar-refractivity contribution in [1.82, 2.24) is 4.31 Å². The van der Waals surface area contributed by atoms with Crippen molar-refractivity contribution < 1.29 is 36.6 Å². The first-order valence-electron chi connectivity index (χ1n) is 5.50. The summed E-state index contributed by atoms with van der Waals surface area (Å²) in [6, 6.07) is -1.41. The molecule has 0 amide bonds. The van der Waals surface area contributed by atoms with E-state index in [1.165, 1.54) is 0 Å². The van der Waals surface area contributed by atoms with Gasteiger partial charge in [-0.3, -0.25) is 4.79 Å². The van der Waals surface area contributed by atoms with Gasteiger partial charge >= 0.3 is 12.1 Å². The zero-order valence-electron chi connectivity index (χ0n) is 9.80. The average molecular weight is 305 g/mol. The molecule has 1 rings (SSSR count). The first-order chi connectivity index (χ1) is 8.53. The molecular weight excluding hydrogens is 291 g/mol. The number of carbonyl (C=O) groups is 1. The van der Waals surface area contributed by atoms with Crippen molar-refractivity contribution in [3.63, 3.8) is 0 Å². The molecule has 112 valence electrons. The molecule has 0 aliphatic carbocycles. The minimum absolute atomic E-state index is 0.256. The zero-order chi connectivity index (χ0) is 14.8. The van der Waals surface area contributed by atoms with Crippen LogP contribution in [0.1, 0.15) is 19.3 Å². The fourth-order valence-corrected chi connectivity index (χ4v) is 3.60. The highest BCUT2D eigenvalue weighted by Crippen LogP contribution is 2.25. The summed E-state index contributed by atoms with van der Waals surface area (Å²) in [4.78, 5) is 10.8. The lowest BCUT2D eigenvalue weighted by Gasteiger charge is -2.20. The Morgan fingerprint density at radius 2 is 1.95 bits per heavy atom. The van der Waals surface area contributed by atoms with Gasteiger partial charge in [0.15, 0.2) is 0 Å². The van der Waals surface area contributed by atoms with E-state index in [2.05, 4.69) is 0 Å². The maximum atomic E-state index is 11.9. The molecule has 1 aliphatic rings. The molecule has 1 fully saturated rings. The third kappa shape index (κ3) is 4.62. The third-order valence-corrected chi connectivity index (χ3v) is 4.66. The van der Waals surface area contributed by atoms with Crippen LogP contribution < -0.4 is 0 Å². The number of aliphatic hydroxyl groups excluding tert-OH is 1. The molecule has 1 aliphatic heterocycles. The van der Waals surface area contributed by atoms with Crippen LogP contribution in [0.2, 0.25) is 0 Å². The van der Waals surface area contributed by atoms with E-state index in [0.29, 0.717) is 4.31 Å². The standard InChI is InChI=1S/C9H14F3NO5S/c10-9(11,12)2-1-3-19(17,18)13-5-6(14)4-7(13)8(15)16/h6-7,14H,1-5H2,(H,15,16). The summed E-state index contributed by atoms with van der Waals surface area (Å²) in [5, 5.41) is 18.1. The van der Waals surface area contributed by atoms with Crippen molar-refractivity contribution in [2.75, 3.05) is 12.3 Å². The van der Waals surface area contributed by atoms with Crippen LogP contribution in [0.25, 0.3) is 0 Å². The number of hydrogen-bond donors (Lipinski definition) is 2. The number of β-amino-alcohol motifs (C(OH)–C–C–N with tert-alkyl or cyclic N) is 1. The Labute approximate surface area is 107 Å². The van der Waals surface area contributed by atoms with Crippen LogP contribution in [0.5, 0.6) is 0 Å². The van der Waals surface area contributed by atoms with Crippen LogP contribution in [0.15, 0.2) is 0 Å². The highest BCUT2D eigenvalue weighted by atomic mass is 32.2. The second-order valence-electron chi connectivity index (χ2n) is 4.35. The maximum absolute atomic E-state index is 11.9. The minimum atomic E-state index is -4.45. The topological polar surface area (TPSA) is 94.9 Å². The number of carboxylic acids is 1. The predicted octanol–water partition coefficient (Wildman–Crippen LogP) is 0.179. The number of nitrogens with zero attached hydrogens (tertiary/aromatic N) is 1. The van der Waals surface area contributed by atoms with Crippen molar-refractivity contribution in [2.45, 2.75) is 37.6 Å². The number of halogens is 3. The number of aliphatic carboxylic acids is 1. The van der Waals surface area contributed by atoms with Gasteiger partial charge in [0.2, 0.25) is 10.0 Å². The van der Waals surface area contributed by atoms with Gasteiger partial charge in [-0.25, -0.2) is 8.42 Å². The lowest BCUT2D eigenvalue weighted by molar-refractivity contribution is -0.141. The van der Waals surface area contributed by atoms with Gasteiger partial charge in [-0.05, 0) is 6.42 Å². The molecule has 10 heteroatoms. The van der Waals surface area contributed by atoms with Gasteiger partial charge < -0.3 is 10.2 Å². The van der Waals surface area contributed by atoms with Gasteiger partial charge in [0, 0.05) is 19.4 Å². The summed E-state index contributed by atoms with van der Waals surface area (Å²) < 4.78 is 59.9. The molecule has 1 heterocycles. The van der Waals surface area contributed by atoms with Crippen LogP contribution in [0.3, 0.4) is 0 Å². The number of rotatable bonds is 5. The van der Waals surface area contributed by atoms with Crippen molar-refractivity contribution in [3.05, 3.63) is 0 Å². The van der Waals surface area contributed by atoms with E-state index in [1.54, 1.807) is 0 Å². The molecule has 0 aromatic rings. The van der Waals surface area contributed by atoms with E-state index >= 15 is 0 Å². The molecule has 19 heavy (non-hydrogen) atoms. The van der Waals surface area contributed by atoms with Crippen LogP contribution in [0, 0.1) is 0 Å². The lowest BCUT2D eigenvalue weighted by atomic mass is 10.2. The zero-order valence-corrected chi connectivity index (χ0v) is 10.6. The Hall–Kier alpha value is -0.870. The molecule has 0 bridgehead atoms. The van der Waals surface area contributed by atoms with E-state index in [4.69, 9.17) is 5.11 Å². The maximum Gasteiger partial charge on any atom is 0.389 e. The molecule has 0 radical (unpaired) electrons. The Morgan fingerprint density at radius 3 is 2.42 bits per heavy atom. The highest BCUT2D eigenvalue weighted by molar-refractivity contribution is 7.89. The van der Waals surface area contributed by atoms with Crippen molar-refractivity contribution >= 4 is 16.0 Å².